The molecular formula is C12H23NO. The largest absolute Gasteiger partial charge is 0.396 e. The van der Waals surface area contributed by atoms with Crippen LogP contribution < -0.4 is 0 Å². The van der Waals surface area contributed by atoms with Crippen LogP contribution in [0.15, 0.2) is 0 Å². The van der Waals surface area contributed by atoms with Crippen molar-refractivity contribution >= 4 is 0 Å². The van der Waals surface area contributed by atoms with Crippen LogP contribution in [0.1, 0.15) is 39.0 Å². The number of aliphatic hydroxyl groups is 1. The van der Waals surface area contributed by atoms with Gasteiger partial charge in [-0.05, 0) is 43.6 Å². The molecule has 82 valence electrons. The molecule has 14 heavy (non-hydrogen) atoms. The summed E-state index contributed by atoms with van der Waals surface area (Å²) in [7, 11) is 0. The van der Waals surface area contributed by atoms with Gasteiger partial charge in [-0.25, -0.2) is 0 Å². The Morgan fingerprint density at radius 3 is 2.71 bits per heavy atom. The van der Waals surface area contributed by atoms with Crippen LogP contribution in [0.2, 0.25) is 0 Å². The van der Waals surface area contributed by atoms with E-state index in [2.05, 4.69) is 11.8 Å². The van der Waals surface area contributed by atoms with Crippen LogP contribution in [0.4, 0.5) is 0 Å². The van der Waals surface area contributed by atoms with Crippen molar-refractivity contribution in [1.29, 1.82) is 0 Å². The third-order valence-corrected chi connectivity index (χ3v) is 3.92. The first-order valence-corrected chi connectivity index (χ1v) is 6.11. The van der Waals surface area contributed by atoms with Gasteiger partial charge in [0.15, 0.2) is 0 Å². The normalized spacial score (nSPS) is 30.9. The fraction of sp³-hybridized carbons (Fsp3) is 1.00. The molecule has 1 N–H and O–H groups in total. The maximum Gasteiger partial charge on any atom is 0.0471 e. The van der Waals surface area contributed by atoms with Crippen LogP contribution >= 0.6 is 0 Å². The van der Waals surface area contributed by atoms with Crippen molar-refractivity contribution in [3.8, 4) is 0 Å². The predicted molar refractivity (Wildman–Crippen MR) is 58.2 cm³/mol. The smallest absolute Gasteiger partial charge is 0.0471 e. The molecular weight excluding hydrogens is 174 g/mol. The number of likely N-dealkylation sites (tertiary alicyclic amines) is 1. The highest BCUT2D eigenvalue weighted by Gasteiger charge is 2.43. The van der Waals surface area contributed by atoms with Crippen LogP contribution in [0, 0.1) is 11.3 Å². The Balaban J connectivity index is 1.76. The van der Waals surface area contributed by atoms with Crippen molar-refractivity contribution in [2.75, 3.05) is 26.2 Å². The number of hydrogen-bond acceptors (Lipinski definition) is 2. The Morgan fingerprint density at radius 1 is 1.43 bits per heavy atom. The Hall–Kier alpha value is -0.0800. The van der Waals surface area contributed by atoms with Crippen LogP contribution in [0.25, 0.3) is 0 Å². The lowest BCUT2D eigenvalue weighted by atomic mass is 10.0. The lowest BCUT2D eigenvalue weighted by molar-refractivity contribution is 0.205. The molecule has 1 aliphatic heterocycles. The van der Waals surface area contributed by atoms with E-state index in [-0.39, 0.29) is 0 Å². The molecule has 0 amide bonds. The molecule has 0 aromatic carbocycles. The average Bonchev–Trinajstić information content (AvgIpc) is 2.78. The summed E-state index contributed by atoms with van der Waals surface area (Å²) in [6, 6.07) is 0. The van der Waals surface area contributed by atoms with Crippen molar-refractivity contribution in [3.05, 3.63) is 0 Å². The maximum absolute atomic E-state index is 9.07. The van der Waals surface area contributed by atoms with Crippen LogP contribution in [-0.2, 0) is 0 Å². The van der Waals surface area contributed by atoms with E-state index in [9.17, 15) is 0 Å². The summed E-state index contributed by atoms with van der Waals surface area (Å²) in [6.45, 7) is 6.34. The highest BCUT2D eigenvalue weighted by atomic mass is 16.3. The molecule has 1 unspecified atom stereocenters. The highest BCUT2D eigenvalue weighted by molar-refractivity contribution is 4.96. The minimum absolute atomic E-state index is 0.386. The van der Waals surface area contributed by atoms with Gasteiger partial charge >= 0.3 is 0 Å². The molecule has 1 saturated carbocycles. The first kappa shape index (κ1) is 10.4. The van der Waals surface area contributed by atoms with E-state index in [0.29, 0.717) is 17.9 Å². The maximum atomic E-state index is 9.07. The van der Waals surface area contributed by atoms with Gasteiger partial charge in [-0.1, -0.05) is 13.3 Å². The van der Waals surface area contributed by atoms with Crippen molar-refractivity contribution in [3.63, 3.8) is 0 Å². The monoisotopic (exact) mass is 197 g/mol. The second kappa shape index (κ2) is 4.19. The molecule has 0 bridgehead atoms. The van der Waals surface area contributed by atoms with Gasteiger partial charge in [0.2, 0.25) is 0 Å². The first-order valence-electron chi connectivity index (χ1n) is 6.11. The number of aliphatic hydroxyl groups excluding tert-OH is 1. The summed E-state index contributed by atoms with van der Waals surface area (Å²) in [6.07, 6.45) is 6.84. The minimum Gasteiger partial charge on any atom is -0.396 e. The van der Waals surface area contributed by atoms with E-state index in [0.717, 1.165) is 6.54 Å². The lowest BCUT2D eigenvalue weighted by Crippen LogP contribution is -2.29. The van der Waals surface area contributed by atoms with E-state index in [4.69, 9.17) is 5.11 Å². The van der Waals surface area contributed by atoms with Gasteiger partial charge in [-0.3, -0.25) is 0 Å². The molecule has 1 aliphatic carbocycles. The van der Waals surface area contributed by atoms with Gasteiger partial charge in [-0.15, -0.1) is 0 Å². The van der Waals surface area contributed by atoms with Gasteiger partial charge in [0.1, 0.15) is 0 Å². The zero-order chi connectivity index (χ0) is 10.0. The fourth-order valence-electron chi connectivity index (χ4n) is 2.87. The molecule has 1 saturated heterocycles. The average molecular weight is 197 g/mol. The minimum atomic E-state index is 0.386. The van der Waals surface area contributed by atoms with E-state index < -0.39 is 0 Å². The van der Waals surface area contributed by atoms with E-state index in [1.54, 1.807) is 0 Å². The van der Waals surface area contributed by atoms with Crippen molar-refractivity contribution in [2.45, 2.75) is 39.0 Å². The molecule has 0 radical (unpaired) electrons. The van der Waals surface area contributed by atoms with Crippen LogP contribution in [0.5, 0.6) is 0 Å². The molecule has 2 heteroatoms. The Morgan fingerprint density at radius 2 is 2.21 bits per heavy atom. The van der Waals surface area contributed by atoms with Crippen molar-refractivity contribution in [2.24, 2.45) is 11.3 Å². The summed E-state index contributed by atoms with van der Waals surface area (Å²) < 4.78 is 0. The zero-order valence-electron chi connectivity index (χ0n) is 9.34. The summed E-state index contributed by atoms with van der Waals surface area (Å²) in [5, 5.41) is 9.07. The van der Waals surface area contributed by atoms with E-state index in [1.807, 2.05) is 0 Å². The van der Waals surface area contributed by atoms with Crippen molar-refractivity contribution < 1.29 is 5.11 Å². The quantitative estimate of drug-likeness (QED) is 0.727. The van der Waals surface area contributed by atoms with Gasteiger partial charge < -0.3 is 10.0 Å². The van der Waals surface area contributed by atoms with Gasteiger partial charge in [0.05, 0.1) is 0 Å². The molecule has 2 rings (SSSR count). The van der Waals surface area contributed by atoms with Gasteiger partial charge in [0, 0.05) is 19.7 Å². The predicted octanol–water partition coefficient (Wildman–Crippen LogP) is 1.88. The SMILES string of the molecule is CCCC1(CN2CCC(CO)C2)CC1. The summed E-state index contributed by atoms with van der Waals surface area (Å²) in [4.78, 5) is 2.57. The molecule has 0 aromatic heterocycles. The molecule has 0 aromatic rings. The topological polar surface area (TPSA) is 23.5 Å². The zero-order valence-corrected chi connectivity index (χ0v) is 9.34. The summed E-state index contributed by atoms with van der Waals surface area (Å²) in [5.74, 6) is 0.562. The van der Waals surface area contributed by atoms with Crippen molar-refractivity contribution in [1.82, 2.24) is 4.90 Å². The molecule has 1 atom stereocenters. The highest BCUT2D eigenvalue weighted by Crippen LogP contribution is 2.50. The lowest BCUT2D eigenvalue weighted by Gasteiger charge is -2.22. The standard InChI is InChI=1S/C12H23NO/c1-2-4-12(5-6-12)10-13-7-3-11(8-13)9-14/h11,14H,2-10H2,1H3. The number of nitrogens with zero attached hydrogens (tertiary/aromatic N) is 1. The van der Waals surface area contributed by atoms with Crippen LogP contribution in [0.3, 0.4) is 0 Å². The molecule has 2 fully saturated rings. The molecule has 0 spiro atoms. The molecule has 2 aliphatic rings. The van der Waals surface area contributed by atoms with Crippen LogP contribution in [-0.4, -0.2) is 36.2 Å². The Labute approximate surface area is 87.3 Å². The Kier molecular flexibility index (Phi) is 3.13. The molecule has 2 nitrogen and oxygen atoms in total. The summed E-state index contributed by atoms with van der Waals surface area (Å²) >= 11 is 0. The first-order chi connectivity index (χ1) is 6.78. The molecule has 1 heterocycles. The third kappa shape index (κ3) is 2.29. The van der Waals surface area contributed by atoms with Gasteiger partial charge in [0.25, 0.3) is 0 Å². The van der Waals surface area contributed by atoms with Gasteiger partial charge in [-0.2, -0.15) is 0 Å². The number of hydrogen-bond donors (Lipinski definition) is 1. The fourth-order valence-corrected chi connectivity index (χ4v) is 2.87. The second-order valence-electron chi connectivity index (χ2n) is 5.32. The second-order valence-corrected chi connectivity index (χ2v) is 5.32. The van der Waals surface area contributed by atoms with E-state index in [1.165, 1.54) is 45.2 Å². The van der Waals surface area contributed by atoms with E-state index >= 15 is 0 Å². The Bertz CT molecular complexity index is 189. The third-order valence-electron chi connectivity index (χ3n) is 3.92. The number of rotatable bonds is 5. The summed E-state index contributed by atoms with van der Waals surface area (Å²) in [5.41, 5.74) is 0.694.